The van der Waals surface area contributed by atoms with Gasteiger partial charge in [0.05, 0.1) is 0 Å². The Labute approximate surface area is 96.3 Å². The Morgan fingerprint density at radius 3 is 2.94 bits per heavy atom. The van der Waals surface area contributed by atoms with Gasteiger partial charge in [-0.15, -0.1) is 6.58 Å². The zero-order valence-electron chi connectivity index (χ0n) is 9.82. The summed E-state index contributed by atoms with van der Waals surface area (Å²) in [6.07, 6.45) is 1.85. The highest BCUT2D eigenvalue weighted by Gasteiger charge is 2.08. The minimum Gasteiger partial charge on any atom is -0.492 e. The Balaban J connectivity index is 2.42. The smallest absolute Gasteiger partial charge is 0.126 e. The maximum absolute atomic E-state index is 12.9. The SMILES string of the molecule is C=CCN(C)C(C)COc1cccc(F)c1. The Bertz CT molecular complexity index is 340. The summed E-state index contributed by atoms with van der Waals surface area (Å²) in [7, 11) is 2.00. The molecule has 88 valence electrons. The van der Waals surface area contributed by atoms with E-state index in [0.717, 1.165) is 6.54 Å². The van der Waals surface area contributed by atoms with Crippen LogP contribution in [-0.4, -0.2) is 31.1 Å². The van der Waals surface area contributed by atoms with Gasteiger partial charge in [0.25, 0.3) is 0 Å². The molecule has 0 aromatic heterocycles. The van der Waals surface area contributed by atoms with E-state index in [1.807, 2.05) is 13.1 Å². The Morgan fingerprint density at radius 1 is 1.56 bits per heavy atom. The normalized spacial score (nSPS) is 12.5. The number of hydrogen-bond donors (Lipinski definition) is 0. The highest BCUT2D eigenvalue weighted by molar-refractivity contribution is 5.22. The lowest BCUT2D eigenvalue weighted by Gasteiger charge is -2.23. The van der Waals surface area contributed by atoms with Crippen LogP contribution in [0.3, 0.4) is 0 Å². The minimum absolute atomic E-state index is 0.265. The molecule has 16 heavy (non-hydrogen) atoms. The van der Waals surface area contributed by atoms with Crippen LogP contribution in [0.15, 0.2) is 36.9 Å². The number of halogens is 1. The summed E-state index contributed by atoms with van der Waals surface area (Å²) < 4.78 is 18.4. The topological polar surface area (TPSA) is 12.5 Å². The van der Waals surface area contributed by atoms with Gasteiger partial charge in [-0.1, -0.05) is 12.1 Å². The summed E-state index contributed by atoms with van der Waals surface area (Å²) in [6.45, 7) is 7.09. The molecule has 0 N–H and O–H groups in total. The molecule has 1 unspecified atom stereocenters. The monoisotopic (exact) mass is 223 g/mol. The first-order chi connectivity index (χ1) is 7.63. The van der Waals surface area contributed by atoms with Gasteiger partial charge in [-0.3, -0.25) is 4.90 Å². The van der Waals surface area contributed by atoms with E-state index in [0.29, 0.717) is 12.4 Å². The van der Waals surface area contributed by atoms with Crippen molar-refractivity contribution in [3.63, 3.8) is 0 Å². The lowest BCUT2D eigenvalue weighted by Crippen LogP contribution is -2.34. The van der Waals surface area contributed by atoms with Gasteiger partial charge in [0.2, 0.25) is 0 Å². The zero-order valence-corrected chi connectivity index (χ0v) is 9.82. The first kappa shape index (κ1) is 12.7. The lowest BCUT2D eigenvalue weighted by atomic mass is 10.3. The van der Waals surface area contributed by atoms with E-state index in [-0.39, 0.29) is 11.9 Å². The van der Waals surface area contributed by atoms with Gasteiger partial charge in [0, 0.05) is 18.7 Å². The maximum atomic E-state index is 12.9. The second-order valence-corrected chi connectivity index (χ2v) is 3.85. The second kappa shape index (κ2) is 6.28. The van der Waals surface area contributed by atoms with Crippen molar-refractivity contribution >= 4 is 0 Å². The van der Waals surface area contributed by atoms with Gasteiger partial charge in [-0.05, 0) is 26.1 Å². The van der Waals surface area contributed by atoms with Crippen LogP contribution >= 0.6 is 0 Å². The third-order valence-electron chi connectivity index (χ3n) is 2.46. The molecular formula is C13H18FNO. The predicted molar refractivity (Wildman–Crippen MR) is 64.2 cm³/mol. The zero-order chi connectivity index (χ0) is 12.0. The molecule has 0 amide bonds. The molecule has 1 rings (SSSR count). The van der Waals surface area contributed by atoms with E-state index in [4.69, 9.17) is 4.74 Å². The molecular weight excluding hydrogens is 205 g/mol. The molecule has 0 bridgehead atoms. The lowest BCUT2D eigenvalue weighted by molar-refractivity contribution is 0.185. The van der Waals surface area contributed by atoms with Crippen molar-refractivity contribution < 1.29 is 9.13 Å². The fourth-order valence-electron chi connectivity index (χ4n) is 1.28. The largest absolute Gasteiger partial charge is 0.492 e. The van der Waals surface area contributed by atoms with E-state index < -0.39 is 0 Å². The van der Waals surface area contributed by atoms with Gasteiger partial charge in [0.15, 0.2) is 0 Å². The van der Waals surface area contributed by atoms with Crippen molar-refractivity contribution in [3.05, 3.63) is 42.7 Å². The summed E-state index contributed by atoms with van der Waals surface area (Å²) in [5.41, 5.74) is 0. The minimum atomic E-state index is -0.274. The molecule has 0 saturated heterocycles. The first-order valence-corrected chi connectivity index (χ1v) is 5.33. The summed E-state index contributed by atoms with van der Waals surface area (Å²) in [5.74, 6) is 0.295. The van der Waals surface area contributed by atoms with E-state index in [9.17, 15) is 4.39 Å². The van der Waals surface area contributed by atoms with Crippen LogP contribution < -0.4 is 4.74 Å². The van der Waals surface area contributed by atoms with E-state index >= 15 is 0 Å². The molecule has 1 aromatic carbocycles. The fraction of sp³-hybridized carbons (Fsp3) is 0.385. The number of hydrogen-bond acceptors (Lipinski definition) is 2. The van der Waals surface area contributed by atoms with Crippen LogP contribution in [0.4, 0.5) is 4.39 Å². The van der Waals surface area contributed by atoms with E-state index in [2.05, 4.69) is 18.4 Å². The summed E-state index contributed by atoms with van der Waals surface area (Å²) in [5, 5.41) is 0. The average molecular weight is 223 g/mol. The average Bonchev–Trinajstić information content (AvgIpc) is 2.26. The quantitative estimate of drug-likeness (QED) is 0.687. The molecule has 1 atom stereocenters. The van der Waals surface area contributed by atoms with Crippen LogP contribution in [-0.2, 0) is 0 Å². The van der Waals surface area contributed by atoms with Crippen molar-refractivity contribution in [1.29, 1.82) is 0 Å². The molecule has 0 spiro atoms. The second-order valence-electron chi connectivity index (χ2n) is 3.85. The highest BCUT2D eigenvalue weighted by Crippen LogP contribution is 2.12. The number of likely N-dealkylation sites (N-methyl/N-ethyl adjacent to an activating group) is 1. The van der Waals surface area contributed by atoms with Crippen molar-refractivity contribution in [3.8, 4) is 5.75 Å². The molecule has 0 aliphatic carbocycles. The Kier molecular flexibility index (Phi) is 4.99. The Hall–Kier alpha value is -1.35. The third-order valence-corrected chi connectivity index (χ3v) is 2.46. The highest BCUT2D eigenvalue weighted by atomic mass is 19.1. The number of rotatable bonds is 6. The summed E-state index contributed by atoms with van der Waals surface area (Å²) >= 11 is 0. The molecule has 1 aromatic rings. The van der Waals surface area contributed by atoms with Crippen LogP contribution in [0.2, 0.25) is 0 Å². The van der Waals surface area contributed by atoms with Crippen LogP contribution in [0.25, 0.3) is 0 Å². The molecule has 3 heteroatoms. The summed E-state index contributed by atoms with van der Waals surface area (Å²) in [6, 6.07) is 6.45. The molecule has 2 nitrogen and oxygen atoms in total. The number of nitrogens with zero attached hydrogens (tertiary/aromatic N) is 1. The molecule has 0 aliphatic heterocycles. The van der Waals surface area contributed by atoms with Crippen LogP contribution in [0.1, 0.15) is 6.92 Å². The predicted octanol–water partition coefficient (Wildman–Crippen LogP) is 2.71. The van der Waals surface area contributed by atoms with Gasteiger partial charge >= 0.3 is 0 Å². The van der Waals surface area contributed by atoms with Gasteiger partial charge in [0.1, 0.15) is 18.2 Å². The van der Waals surface area contributed by atoms with Crippen molar-refractivity contribution in [2.75, 3.05) is 20.2 Å². The van der Waals surface area contributed by atoms with Crippen LogP contribution in [0.5, 0.6) is 5.75 Å². The maximum Gasteiger partial charge on any atom is 0.126 e. The van der Waals surface area contributed by atoms with Crippen molar-refractivity contribution in [2.24, 2.45) is 0 Å². The fourth-order valence-corrected chi connectivity index (χ4v) is 1.28. The van der Waals surface area contributed by atoms with Crippen LogP contribution in [0, 0.1) is 5.82 Å². The van der Waals surface area contributed by atoms with E-state index in [1.165, 1.54) is 12.1 Å². The van der Waals surface area contributed by atoms with Gasteiger partial charge < -0.3 is 4.74 Å². The van der Waals surface area contributed by atoms with Crippen molar-refractivity contribution in [2.45, 2.75) is 13.0 Å². The molecule has 0 radical (unpaired) electrons. The molecule has 0 aliphatic rings. The summed E-state index contributed by atoms with van der Waals surface area (Å²) in [4.78, 5) is 2.12. The molecule has 0 fully saturated rings. The third kappa shape index (κ3) is 4.03. The van der Waals surface area contributed by atoms with Gasteiger partial charge in [-0.25, -0.2) is 4.39 Å². The first-order valence-electron chi connectivity index (χ1n) is 5.33. The number of benzene rings is 1. The standard InChI is InChI=1S/C13H18FNO/c1-4-8-15(3)11(2)10-16-13-7-5-6-12(14)9-13/h4-7,9,11H,1,8,10H2,2-3H3. The number of ether oxygens (including phenoxy) is 1. The Morgan fingerprint density at radius 2 is 2.31 bits per heavy atom. The van der Waals surface area contributed by atoms with E-state index in [1.54, 1.807) is 12.1 Å². The molecule has 0 saturated carbocycles. The molecule has 0 heterocycles. The van der Waals surface area contributed by atoms with Crippen molar-refractivity contribution in [1.82, 2.24) is 4.90 Å². The van der Waals surface area contributed by atoms with Gasteiger partial charge in [-0.2, -0.15) is 0 Å².